The van der Waals surface area contributed by atoms with Crippen molar-refractivity contribution >= 4 is 5.91 Å². The molecule has 0 radical (unpaired) electrons. The van der Waals surface area contributed by atoms with E-state index >= 15 is 0 Å². The number of carbonyl (C=O) groups excluding carboxylic acids is 1. The number of benzene rings is 1. The molecular formula is C21H23N5O3. The molecule has 1 atom stereocenters. The largest absolute Gasteiger partial charge is 0.484 e. The van der Waals surface area contributed by atoms with Crippen LogP contribution >= 0.6 is 0 Å². The summed E-state index contributed by atoms with van der Waals surface area (Å²) in [5.41, 5.74) is 1.74. The Labute approximate surface area is 168 Å². The van der Waals surface area contributed by atoms with E-state index in [1.807, 2.05) is 36.1 Å². The number of hydrogen-bond acceptors (Lipinski definition) is 7. The summed E-state index contributed by atoms with van der Waals surface area (Å²) in [6.07, 6.45) is 7.40. The number of hydrogen-bond donors (Lipinski definition) is 0. The highest BCUT2D eigenvalue weighted by molar-refractivity contribution is 5.77. The molecule has 0 aliphatic carbocycles. The van der Waals surface area contributed by atoms with Gasteiger partial charge in [-0.1, -0.05) is 22.9 Å². The lowest BCUT2D eigenvalue weighted by atomic mass is 9.95. The molecule has 4 rings (SSSR count). The number of aryl methyl sites for hydroxylation is 1. The Balaban J connectivity index is 1.30. The summed E-state index contributed by atoms with van der Waals surface area (Å²) in [5.74, 6) is 1.98. The molecular weight excluding hydrogens is 370 g/mol. The zero-order chi connectivity index (χ0) is 20.1. The van der Waals surface area contributed by atoms with E-state index in [1.54, 1.807) is 18.6 Å². The molecule has 8 heteroatoms. The average molecular weight is 393 g/mol. The maximum Gasteiger partial charge on any atom is 0.260 e. The monoisotopic (exact) mass is 393 g/mol. The molecule has 2 aromatic heterocycles. The maximum absolute atomic E-state index is 12.6. The van der Waals surface area contributed by atoms with E-state index in [2.05, 4.69) is 20.1 Å². The zero-order valence-corrected chi connectivity index (χ0v) is 16.3. The summed E-state index contributed by atoms with van der Waals surface area (Å²) < 4.78 is 11.0. The Morgan fingerprint density at radius 1 is 1.28 bits per heavy atom. The SMILES string of the molecule is Cc1ccc(OCC(=O)N2CCCC(Cc3nc(-c4cnccn4)no3)C2)cc1. The molecule has 3 heterocycles. The molecule has 1 aromatic carbocycles. The molecule has 0 saturated carbocycles. The van der Waals surface area contributed by atoms with E-state index in [-0.39, 0.29) is 18.4 Å². The van der Waals surface area contributed by atoms with E-state index < -0.39 is 0 Å². The van der Waals surface area contributed by atoms with E-state index in [1.165, 1.54) is 0 Å². The van der Waals surface area contributed by atoms with Gasteiger partial charge in [-0.05, 0) is 37.8 Å². The fourth-order valence-corrected chi connectivity index (χ4v) is 3.43. The third-order valence-electron chi connectivity index (χ3n) is 4.98. The molecule has 29 heavy (non-hydrogen) atoms. The normalized spacial score (nSPS) is 16.6. The smallest absolute Gasteiger partial charge is 0.260 e. The van der Waals surface area contributed by atoms with Crippen molar-refractivity contribution < 1.29 is 14.1 Å². The molecule has 150 valence electrons. The highest BCUT2D eigenvalue weighted by Gasteiger charge is 2.26. The topological polar surface area (TPSA) is 94.2 Å². The van der Waals surface area contributed by atoms with Crippen molar-refractivity contribution in [2.24, 2.45) is 5.92 Å². The van der Waals surface area contributed by atoms with Gasteiger partial charge in [0.1, 0.15) is 11.4 Å². The molecule has 1 unspecified atom stereocenters. The number of carbonyl (C=O) groups is 1. The number of ether oxygens (including phenoxy) is 1. The van der Waals surface area contributed by atoms with Crippen LogP contribution in [0.15, 0.2) is 47.4 Å². The summed E-state index contributed by atoms with van der Waals surface area (Å²) in [6, 6.07) is 7.70. The van der Waals surface area contributed by atoms with Crippen molar-refractivity contribution in [2.45, 2.75) is 26.2 Å². The van der Waals surface area contributed by atoms with Gasteiger partial charge in [-0.25, -0.2) is 4.98 Å². The van der Waals surface area contributed by atoms with Gasteiger partial charge in [0.25, 0.3) is 5.91 Å². The van der Waals surface area contributed by atoms with Gasteiger partial charge in [-0.2, -0.15) is 4.98 Å². The van der Waals surface area contributed by atoms with E-state index in [4.69, 9.17) is 9.26 Å². The third-order valence-corrected chi connectivity index (χ3v) is 4.98. The van der Waals surface area contributed by atoms with Crippen molar-refractivity contribution in [1.29, 1.82) is 0 Å². The lowest BCUT2D eigenvalue weighted by Crippen LogP contribution is -2.42. The van der Waals surface area contributed by atoms with Gasteiger partial charge in [0.05, 0.1) is 6.20 Å². The zero-order valence-electron chi connectivity index (χ0n) is 16.3. The van der Waals surface area contributed by atoms with Crippen molar-refractivity contribution in [1.82, 2.24) is 25.0 Å². The second kappa shape index (κ2) is 8.81. The van der Waals surface area contributed by atoms with Gasteiger partial charge in [0.15, 0.2) is 6.61 Å². The summed E-state index contributed by atoms with van der Waals surface area (Å²) in [5, 5.41) is 3.99. The minimum Gasteiger partial charge on any atom is -0.484 e. The Bertz CT molecular complexity index is 942. The molecule has 1 aliphatic heterocycles. The number of rotatable bonds is 6. The van der Waals surface area contributed by atoms with Crippen LogP contribution < -0.4 is 4.74 Å². The van der Waals surface area contributed by atoms with E-state index in [9.17, 15) is 4.79 Å². The van der Waals surface area contributed by atoms with Gasteiger partial charge in [0, 0.05) is 31.9 Å². The van der Waals surface area contributed by atoms with Crippen LogP contribution in [0.5, 0.6) is 5.75 Å². The third kappa shape index (κ3) is 4.96. The molecule has 1 fully saturated rings. The second-order valence-electron chi connectivity index (χ2n) is 7.26. The number of aromatic nitrogens is 4. The average Bonchev–Trinajstić information content (AvgIpc) is 3.22. The Hall–Kier alpha value is -3.29. The predicted molar refractivity (Wildman–Crippen MR) is 105 cm³/mol. The van der Waals surface area contributed by atoms with Crippen LogP contribution in [0.1, 0.15) is 24.3 Å². The number of likely N-dealkylation sites (tertiary alicyclic amines) is 1. The molecule has 1 amide bonds. The molecule has 1 aliphatic rings. The molecule has 8 nitrogen and oxygen atoms in total. The minimum atomic E-state index is 0.000975. The first-order valence-corrected chi connectivity index (χ1v) is 9.73. The van der Waals surface area contributed by atoms with Crippen LogP contribution in [0.3, 0.4) is 0 Å². The second-order valence-corrected chi connectivity index (χ2v) is 7.26. The minimum absolute atomic E-state index is 0.000975. The van der Waals surface area contributed by atoms with Gasteiger partial charge < -0.3 is 14.2 Å². The van der Waals surface area contributed by atoms with Crippen LogP contribution in [0.4, 0.5) is 0 Å². The molecule has 0 N–H and O–H groups in total. The standard InChI is InChI=1S/C21H23N5O3/c1-15-4-6-17(7-5-15)28-14-20(27)26-10-2-3-16(13-26)11-19-24-21(25-29-19)18-12-22-8-9-23-18/h4-9,12,16H,2-3,10-11,13-14H2,1H3. The summed E-state index contributed by atoms with van der Waals surface area (Å²) in [4.78, 5) is 27.0. The first-order chi connectivity index (χ1) is 14.2. The van der Waals surface area contributed by atoms with E-state index in [0.29, 0.717) is 36.1 Å². The van der Waals surface area contributed by atoms with Crippen LogP contribution in [0, 0.1) is 12.8 Å². The fourth-order valence-electron chi connectivity index (χ4n) is 3.43. The van der Waals surface area contributed by atoms with E-state index in [0.717, 1.165) is 24.9 Å². The van der Waals surface area contributed by atoms with Crippen LogP contribution in [0.2, 0.25) is 0 Å². The Morgan fingerprint density at radius 3 is 2.93 bits per heavy atom. The lowest BCUT2D eigenvalue weighted by molar-refractivity contribution is -0.135. The van der Waals surface area contributed by atoms with Crippen molar-refractivity contribution in [3.63, 3.8) is 0 Å². The number of amides is 1. The summed E-state index contributed by atoms with van der Waals surface area (Å²) in [7, 11) is 0. The first-order valence-electron chi connectivity index (χ1n) is 9.73. The van der Waals surface area contributed by atoms with Gasteiger partial charge in [-0.3, -0.25) is 9.78 Å². The first kappa shape index (κ1) is 19.0. The van der Waals surface area contributed by atoms with Crippen LogP contribution in [-0.4, -0.2) is 50.6 Å². The number of nitrogens with zero attached hydrogens (tertiary/aromatic N) is 5. The lowest BCUT2D eigenvalue weighted by Gasteiger charge is -2.32. The van der Waals surface area contributed by atoms with Crippen LogP contribution in [0.25, 0.3) is 11.5 Å². The number of piperidine rings is 1. The van der Waals surface area contributed by atoms with Crippen molar-refractivity contribution in [3.05, 3.63) is 54.3 Å². The Kier molecular flexibility index (Phi) is 5.79. The van der Waals surface area contributed by atoms with Crippen molar-refractivity contribution in [2.75, 3.05) is 19.7 Å². The highest BCUT2D eigenvalue weighted by atomic mass is 16.5. The maximum atomic E-state index is 12.6. The fraction of sp³-hybridized carbons (Fsp3) is 0.381. The van der Waals surface area contributed by atoms with Crippen LogP contribution in [-0.2, 0) is 11.2 Å². The highest BCUT2D eigenvalue weighted by Crippen LogP contribution is 2.22. The van der Waals surface area contributed by atoms with Gasteiger partial charge >= 0.3 is 0 Å². The van der Waals surface area contributed by atoms with Crippen molar-refractivity contribution in [3.8, 4) is 17.3 Å². The summed E-state index contributed by atoms with van der Waals surface area (Å²) >= 11 is 0. The van der Waals surface area contributed by atoms with Gasteiger partial charge in [-0.15, -0.1) is 0 Å². The van der Waals surface area contributed by atoms with Gasteiger partial charge in [0.2, 0.25) is 11.7 Å². The molecule has 0 bridgehead atoms. The molecule has 0 spiro atoms. The Morgan fingerprint density at radius 2 is 2.14 bits per heavy atom. The quantitative estimate of drug-likeness (QED) is 0.635. The molecule has 1 saturated heterocycles. The summed E-state index contributed by atoms with van der Waals surface area (Å²) in [6.45, 7) is 3.48. The predicted octanol–water partition coefficient (Wildman–Crippen LogP) is 2.70. The molecule has 3 aromatic rings.